The Hall–Kier alpha value is -1.12. The number of carbonyl (C=O) groups excluding carboxylic acids is 2. The molecular weight excluding hydrogens is 358 g/mol. The van der Waals surface area contributed by atoms with Gasteiger partial charge < -0.3 is 0 Å². The molecule has 2 amide bonds. The summed E-state index contributed by atoms with van der Waals surface area (Å²) in [5, 5.41) is 0. The van der Waals surface area contributed by atoms with E-state index in [1.165, 1.54) is 94.1 Å². The zero-order valence-corrected chi connectivity index (χ0v) is 19.3. The van der Waals surface area contributed by atoms with E-state index in [4.69, 9.17) is 0 Å². The molecule has 1 saturated carbocycles. The van der Waals surface area contributed by atoms with Gasteiger partial charge in [-0.25, -0.2) is 0 Å². The van der Waals surface area contributed by atoms with E-state index in [1.54, 1.807) is 0 Å². The molecule has 1 heterocycles. The van der Waals surface area contributed by atoms with Gasteiger partial charge in [0, 0.05) is 18.7 Å². The summed E-state index contributed by atoms with van der Waals surface area (Å²) in [4.78, 5) is 24.4. The van der Waals surface area contributed by atoms with Crippen molar-refractivity contribution >= 4 is 11.8 Å². The Morgan fingerprint density at radius 2 is 1.24 bits per heavy atom. The maximum atomic E-state index is 11.5. The van der Waals surface area contributed by atoms with Gasteiger partial charge in [0.25, 0.3) is 11.8 Å². The molecule has 0 aromatic carbocycles. The number of hydrogen-bond acceptors (Lipinski definition) is 2. The smallest absolute Gasteiger partial charge is 0.253 e. The maximum Gasteiger partial charge on any atom is 0.253 e. The Balaban J connectivity index is 1.62. The molecule has 0 N–H and O–H groups in total. The molecule has 0 aromatic heterocycles. The third-order valence-electron chi connectivity index (χ3n) is 7.54. The molecule has 3 heteroatoms. The number of carbonyl (C=O) groups is 2. The summed E-state index contributed by atoms with van der Waals surface area (Å²) in [6, 6.07) is 0. The predicted octanol–water partition coefficient (Wildman–Crippen LogP) is 6.91. The van der Waals surface area contributed by atoms with Crippen molar-refractivity contribution < 1.29 is 9.59 Å². The van der Waals surface area contributed by atoms with E-state index in [1.807, 2.05) is 0 Å². The molecule has 4 unspecified atom stereocenters. The molecule has 2 rings (SSSR count). The monoisotopic (exact) mass is 403 g/mol. The lowest BCUT2D eigenvalue weighted by atomic mass is 9.62. The predicted molar refractivity (Wildman–Crippen MR) is 121 cm³/mol. The maximum absolute atomic E-state index is 11.5. The SMILES string of the molecule is CCCC1C(CC)CCC(CCCCCCCCN2C(=O)C=CC2=O)C1CCC. The zero-order chi connectivity index (χ0) is 21.1. The van der Waals surface area contributed by atoms with Gasteiger partial charge in [-0.15, -0.1) is 0 Å². The molecule has 1 aliphatic carbocycles. The fourth-order valence-electron chi connectivity index (χ4n) is 6.02. The molecule has 3 nitrogen and oxygen atoms in total. The van der Waals surface area contributed by atoms with Crippen LogP contribution in [0.1, 0.15) is 111 Å². The van der Waals surface area contributed by atoms with E-state index in [0.717, 1.165) is 36.5 Å². The van der Waals surface area contributed by atoms with Gasteiger partial charge in [0.15, 0.2) is 0 Å². The highest BCUT2D eigenvalue weighted by molar-refractivity contribution is 6.12. The second-order valence-corrected chi connectivity index (χ2v) is 9.48. The first-order chi connectivity index (χ1) is 14.1. The summed E-state index contributed by atoms with van der Waals surface area (Å²) in [7, 11) is 0. The van der Waals surface area contributed by atoms with Gasteiger partial charge in [0.05, 0.1) is 0 Å². The van der Waals surface area contributed by atoms with Crippen LogP contribution in [0.15, 0.2) is 12.2 Å². The summed E-state index contributed by atoms with van der Waals surface area (Å²) >= 11 is 0. The van der Waals surface area contributed by atoms with Gasteiger partial charge in [-0.2, -0.15) is 0 Å². The fourth-order valence-corrected chi connectivity index (χ4v) is 6.02. The Labute approximate surface area is 179 Å². The van der Waals surface area contributed by atoms with Crippen LogP contribution in [-0.2, 0) is 9.59 Å². The average Bonchev–Trinajstić information content (AvgIpc) is 3.04. The molecule has 1 fully saturated rings. The highest BCUT2D eigenvalue weighted by Gasteiger charge is 2.36. The Morgan fingerprint density at radius 1 is 0.724 bits per heavy atom. The molecule has 0 bridgehead atoms. The zero-order valence-electron chi connectivity index (χ0n) is 19.3. The lowest BCUT2D eigenvalue weighted by Crippen LogP contribution is -2.34. The van der Waals surface area contributed by atoms with Crippen molar-refractivity contribution in [3.8, 4) is 0 Å². The number of amides is 2. The van der Waals surface area contributed by atoms with Crippen molar-refractivity contribution in [1.82, 2.24) is 4.90 Å². The third kappa shape index (κ3) is 7.26. The molecule has 29 heavy (non-hydrogen) atoms. The molecule has 1 aliphatic heterocycles. The standard InChI is InChI=1S/C26H45NO2/c1-4-13-23-21(6-3)16-17-22(24(23)14-5-2)15-11-9-7-8-10-12-20-27-25(28)18-19-26(27)29/h18-19,21-24H,4-17,20H2,1-3H3. The van der Waals surface area contributed by atoms with E-state index in [0.29, 0.717) is 6.54 Å². The second-order valence-electron chi connectivity index (χ2n) is 9.48. The molecule has 166 valence electrons. The highest BCUT2D eigenvalue weighted by Crippen LogP contribution is 2.46. The fraction of sp³-hybridized carbons (Fsp3) is 0.846. The largest absolute Gasteiger partial charge is 0.275 e. The van der Waals surface area contributed by atoms with Crippen molar-refractivity contribution in [1.29, 1.82) is 0 Å². The van der Waals surface area contributed by atoms with Gasteiger partial charge >= 0.3 is 0 Å². The first kappa shape index (κ1) is 24.2. The van der Waals surface area contributed by atoms with Crippen molar-refractivity contribution in [3.05, 3.63) is 12.2 Å². The van der Waals surface area contributed by atoms with E-state index >= 15 is 0 Å². The van der Waals surface area contributed by atoms with Crippen LogP contribution in [0.3, 0.4) is 0 Å². The van der Waals surface area contributed by atoms with E-state index < -0.39 is 0 Å². The molecule has 4 atom stereocenters. The normalized spacial score (nSPS) is 27.2. The van der Waals surface area contributed by atoms with Gasteiger partial charge in [-0.3, -0.25) is 14.5 Å². The first-order valence-electron chi connectivity index (χ1n) is 12.7. The van der Waals surface area contributed by atoms with Gasteiger partial charge in [-0.1, -0.05) is 91.4 Å². The topological polar surface area (TPSA) is 37.4 Å². The van der Waals surface area contributed by atoms with Crippen molar-refractivity contribution in [3.63, 3.8) is 0 Å². The molecular formula is C26H45NO2. The van der Waals surface area contributed by atoms with Gasteiger partial charge in [0.1, 0.15) is 0 Å². The van der Waals surface area contributed by atoms with Crippen molar-refractivity contribution in [2.45, 2.75) is 111 Å². The summed E-state index contributed by atoms with van der Waals surface area (Å²) in [5.74, 6) is 3.62. The molecule has 0 spiro atoms. The lowest BCUT2D eigenvalue weighted by molar-refractivity contribution is -0.136. The Morgan fingerprint density at radius 3 is 1.83 bits per heavy atom. The number of imide groups is 1. The second kappa shape index (κ2) is 13.2. The van der Waals surface area contributed by atoms with Gasteiger partial charge in [0.2, 0.25) is 0 Å². The van der Waals surface area contributed by atoms with Crippen LogP contribution >= 0.6 is 0 Å². The van der Waals surface area contributed by atoms with Crippen LogP contribution in [0.4, 0.5) is 0 Å². The summed E-state index contributed by atoms with van der Waals surface area (Å²) in [6.07, 6.45) is 21.4. The number of hydrogen-bond donors (Lipinski definition) is 0. The summed E-state index contributed by atoms with van der Waals surface area (Å²) < 4.78 is 0. The first-order valence-corrected chi connectivity index (χ1v) is 12.7. The van der Waals surface area contributed by atoms with Gasteiger partial charge in [-0.05, 0) is 42.9 Å². The van der Waals surface area contributed by atoms with E-state index in [9.17, 15) is 9.59 Å². The van der Waals surface area contributed by atoms with E-state index in [-0.39, 0.29) is 11.8 Å². The summed E-state index contributed by atoms with van der Waals surface area (Å²) in [5.41, 5.74) is 0. The minimum atomic E-state index is -0.143. The quantitative estimate of drug-likeness (QED) is 0.233. The van der Waals surface area contributed by atoms with Crippen LogP contribution in [0.2, 0.25) is 0 Å². The molecule has 0 aromatic rings. The van der Waals surface area contributed by atoms with Crippen molar-refractivity contribution in [2.24, 2.45) is 23.7 Å². The lowest BCUT2D eigenvalue weighted by Gasteiger charge is -2.44. The average molecular weight is 404 g/mol. The third-order valence-corrected chi connectivity index (χ3v) is 7.54. The Kier molecular flexibility index (Phi) is 11.0. The number of nitrogens with zero attached hydrogens (tertiary/aromatic N) is 1. The molecule has 2 aliphatic rings. The number of unbranched alkanes of at least 4 members (excludes halogenated alkanes) is 5. The number of rotatable bonds is 14. The van der Waals surface area contributed by atoms with Crippen LogP contribution in [0, 0.1) is 23.7 Å². The molecule has 0 radical (unpaired) electrons. The molecule has 0 saturated heterocycles. The summed E-state index contributed by atoms with van der Waals surface area (Å²) in [6.45, 7) is 7.73. The Bertz CT molecular complexity index is 509. The van der Waals surface area contributed by atoms with Crippen LogP contribution in [0.25, 0.3) is 0 Å². The van der Waals surface area contributed by atoms with E-state index in [2.05, 4.69) is 20.8 Å². The minimum absolute atomic E-state index is 0.143. The van der Waals surface area contributed by atoms with Crippen LogP contribution in [-0.4, -0.2) is 23.3 Å². The van der Waals surface area contributed by atoms with Crippen LogP contribution in [0.5, 0.6) is 0 Å². The van der Waals surface area contributed by atoms with Crippen LogP contribution < -0.4 is 0 Å². The minimum Gasteiger partial charge on any atom is -0.275 e. The highest BCUT2D eigenvalue weighted by atomic mass is 16.2. The van der Waals surface area contributed by atoms with Crippen molar-refractivity contribution in [2.75, 3.05) is 6.54 Å².